The highest BCUT2D eigenvalue weighted by atomic mass is 79.9. The molecule has 0 amide bonds. The van der Waals surface area contributed by atoms with Crippen LogP contribution in [-0.2, 0) is 11.3 Å². The Balaban J connectivity index is 1.44. The molecule has 29 heavy (non-hydrogen) atoms. The molecule has 4 heterocycles. The van der Waals surface area contributed by atoms with Crippen LogP contribution >= 0.6 is 15.9 Å². The monoisotopic (exact) mass is 458 g/mol. The Labute approximate surface area is 174 Å². The molecule has 0 aliphatic carbocycles. The fourth-order valence-electron chi connectivity index (χ4n) is 3.27. The van der Waals surface area contributed by atoms with Crippen molar-refractivity contribution in [3.8, 4) is 5.75 Å². The lowest BCUT2D eigenvalue weighted by molar-refractivity contribution is 0.122. The van der Waals surface area contributed by atoms with Gasteiger partial charge in [0, 0.05) is 19.2 Å². The third kappa shape index (κ3) is 3.47. The molecule has 1 fully saturated rings. The Morgan fingerprint density at radius 1 is 1.24 bits per heavy atom. The number of methoxy groups -OCH3 is 1. The molecular weight excluding hydrogens is 440 g/mol. The number of halogens is 1. The number of hydrogen-bond acceptors (Lipinski definition) is 8. The minimum Gasteiger partial charge on any atom is -0.497 e. The van der Waals surface area contributed by atoms with Crippen molar-refractivity contribution in [2.45, 2.75) is 6.54 Å². The molecule has 0 unspecified atom stereocenters. The van der Waals surface area contributed by atoms with E-state index in [0.717, 1.165) is 40.2 Å². The van der Waals surface area contributed by atoms with Crippen molar-refractivity contribution < 1.29 is 9.47 Å². The number of hydrogen-bond donors (Lipinski definition) is 2. The molecule has 1 aromatic carbocycles. The molecule has 3 aromatic heterocycles. The summed E-state index contributed by atoms with van der Waals surface area (Å²) in [6.45, 7) is 3.31. The fraction of sp³-hybridized carbons (Fsp3) is 0.333. The normalized spacial score (nSPS) is 14.6. The Hall–Kier alpha value is -2.92. The number of aromatic amines is 1. The van der Waals surface area contributed by atoms with Crippen LogP contribution in [0.5, 0.6) is 5.75 Å². The van der Waals surface area contributed by atoms with Crippen LogP contribution < -0.4 is 15.0 Å². The first-order chi connectivity index (χ1) is 14.2. The van der Waals surface area contributed by atoms with Crippen molar-refractivity contribution >= 4 is 44.5 Å². The van der Waals surface area contributed by atoms with Crippen LogP contribution in [0.3, 0.4) is 0 Å². The highest BCUT2D eigenvalue weighted by Crippen LogP contribution is 2.23. The van der Waals surface area contributed by atoms with Crippen molar-refractivity contribution in [1.82, 2.24) is 29.5 Å². The van der Waals surface area contributed by atoms with Crippen LogP contribution in [0.25, 0.3) is 16.7 Å². The zero-order valence-electron chi connectivity index (χ0n) is 15.7. The van der Waals surface area contributed by atoms with Crippen LogP contribution in [0.4, 0.5) is 11.9 Å². The van der Waals surface area contributed by atoms with Gasteiger partial charge >= 0.3 is 0 Å². The van der Waals surface area contributed by atoms with Crippen LogP contribution in [0.1, 0.15) is 5.82 Å². The van der Waals surface area contributed by atoms with E-state index >= 15 is 0 Å². The first-order valence-corrected chi connectivity index (χ1v) is 10.0. The van der Waals surface area contributed by atoms with E-state index in [0.29, 0.717) is 37.3 Å². The van der Waals surface area contributed by atoms with E-state index in [9.17, 15) is 0 Å². The largest absolute Gasteiger partial charge is 0.497 e. The third-order valence-electron chi connectivity index (χ3n) is 4.76. The summed E-state index contributed by atoms with van der Waals surface area (Å²) in [5.74, 6) is 2.82. The quantitative estimate of drug-likeness (QED) is 0.468. The number of nitrogens with one attached hydrogen (secondary N) is 2. The smallest absolute Gasteiger partial charge is 0.230 e. The zero-order valence-corrected chi connectivity index (χ0v) is 17.3. The first-order valence-electron chi connectivity index (χ1n) is 9.22. The predicted molar refractivity (Wildman–Crippen MR) is 111 cm³/mol. The second kappa shape index (κ2) is 7.48. The number of morpholine rings is 1. The SMILES string of the molecule is COc1ccc2[nH]c(CNc3nc(N4CCOCC4)nc4c(Br)cnn34)nc2c1. The van der Waals surface area contributed by atoms with Crippen LogP contribution in [-0.4, -0.2) is 63.0 Å². The van der Waals surface area contributed by atoms with Crippen LogP contribution in [0.2, 0.25) is 0 Å². The number of H-pyrrole nitrogens is 1. The molecule has 0 radical (unpaired) electrons. The van der Waals surface area contributed by atoms with Gasteiger partial charge in [0.25, 0.3) is 0 Å². The zero-order chi connectivity index (χ0) is 19.8. The molecule has 0 atom stereocenters. The number of fused-ring (bicyclic) bond motifs is 2. The number of benzene rings is 1. The Kier molecular flexibility index (Phi) is 4.68. The Bertz CT molecular complexity index is 1170. The van der Waals surface area contributed by atoms with E-state index in [-0.39, 0.29) is 0 Å². The Morgan fingerprint density at radius 3 is 2.93 bits per heavy atom. The maximum atomic E-state index is 5.44. The fourth-order valence-corrected chi connectivity index (χ4v) is 3.62. The minimum atomic E-state index is 0.461. The van der Waals surface area contributed by atoms with E-state index < -0.39 is 0 Å². The van der Waals surface area contributed by atoms with Gasteiger partial charge in [-0.1, -0.05) is 0 Å². The number of imidazole rings is 1. The van der Waals surface area contributed by atoms with Gasteiger partial charge in [0.15, 0.2) is 5.65 Å². The lowest BCUT2D eigenvalue weighted by atomic mass is 10.3. The van der Waals surface area contributed by atoms with Crippen molar-refractivity contribution in [3.05, 3.63) is 34.7 Å². The van der Waals surface area contributed by atoms with Gasteiger partial charge < -0.3 is 24.7 Å². The second-order valence-electron chi connectivity index (χ2n) is 6.59. The summed E-state index contributed by atoms with van der Waals surface area (Å²) < 4.78 is 13.2. The van der Waals surface area contributed by atoms with E-state index in [2.05, 4.69) is 46.2 Å². The Morgan fingerprint density at radius 2 is 2.10 bits per heavy atom. The van der Waals surface area contributed by atoms with E-state index in [1.807, 2.05) is 18.2 Å². The van der Waals surface area contributed by atoms with Crippen LogP contribution in [0, 0.1) is 0 Å². The highest BCUT2D eigenvalue weighted by Gasteiger charge is 2.18. The van der Waals surface area contributed by atoms with Gasteiger partial charge in [-0.05, 0) is 28.1 Å². The summed E-state index contributed by atoms with van der Waals surface area (Å²) in [5.41, 5.74) is 2.51. The average molecular weight is 459 g/mol. The van der Waals surface area contributed by atoms with Crippen molar-refractivity contribution in [2.75, 3.05) is 43.6 Å². The molecule has 1 aliphatic heterocycles. The van der Waals surface area contributed by atoms with E-state index in [1.165, 1.54) is 0 Å². The molecule has 0 spiro atoms. The predicted octanol–water partition coefficient (Wildman–Crippen LogP) is 2.22. The molecule has 150 valence electrons. The second-order valence-corrected chi connectivity index (χ2v) is 7.45. The number of ether oxygens (including phenoxy) is 2. The van der Waals surface area contributed by atoms with Gasteiger partial charge in [0.05, 0.1) is 48.6 Å². The summed E-state index contributed by atoms with van der Waals surface area (Å²) in [7, 11) is 1.64. The third-order valence-corrected chi connectivity index (χ3v) is 5.32. The van der Waals surface area contributed by atoms with Crippen LogP contribution in [0.15, 0.2) is 28.9 Å². The van der Waals surface area contributed by atoms with E-state index in [1.54, 1.807) is 17.8 Å². The van der Waals surface area contributed by atoms with E-state index in [4.69, 9.17) is 14.5 Å². The molecule has 10 nitrogen and oxygen atoms in total. The molecule has 2 N–H and O–H groups in total. The molecule has 0 saturated carbocycles. The number of rotatable bonds is 5. The maximum Gasteiger partial charge on any atom is 0.230 e. The maximum absolute atomic E-state index is 5.44. The standard InChI is InChI=1S/C18H19BrN8O2/c1-28-11-2-3-13-14(8-11)23-15(22-13)10-20-17-25-18(26-4-6-29-7-5-26)24-16-12(19)9-21-27(16)17/h2-3,8-9H,4-7,10H2,1H3,(H,22,23)(H,20,24,25). The van der Waals surface area contributed by atoms with Crippen molar-refractivity contribution in [3.63, 3.8) is 0 Å². The van der Waals surface area contributed by atoms with Gasteiger partial charge in [-0.25, -0.2) is 4.98 Å². The highest BCUT2D eigenvalue weighted by molar-refractivity contribution is 9.10. The summed E-state index contributed by atoms with van der Waals surface area (Å²) in [4.78, 5) is 19.4. The number of aromatic nitrogens is 6. The van der Waals surface area contributed by atoms with Gasteiger partial charge in [0.2, 0.25) is 11.9 Å². The molecule has 4 aromatic rings. The number of nitrogens with zero attached hydrogens (tertiary/aromatic N) is 6. The summed E-state index contributed by atoms with van der Waals surface area (Å²) in [6, 6.07) is 5.76. The first kappa shape index (κ1) is 18.1. The van der Waals surface area contributed by atoms with Crippen molar-refractivity contribution in [1.29, 1.82) is 0 Å². The average Bonchev–Trinajstić information content (AvgIpc) is 3.35. The van der Waals surface area contributed by atoms with Gasteiger partial charge in [0.1, 0.15) is 11.6 Å². The summed E-state index contributed by atoms with van der Waals surface area (Å²) in [5, 5.41) is 7.71. The molecule has 5 rings (SSSR count). The van der Waals surface area contributed by atoms with Gasteiger partial charge in [-0.2, -0.15) is 19.6 Å². The van der Waals surface area contributed by atoms with Gasteiger partial charge in [-0.15, -0.1) is 0 Å². The summed E-state index contributed by atoms with van der Waals surface area (Å²) in [6.07, 6.45) is 1.71. The molecule has 0 bridgehead atoms. The lowest BCUT2D eigenvalue weighted by Gasteiger charge is -2.27. The lowest BCUT2D eigenvalue weighted by Crippen LogP contribution is -2.37. The molecule has 1 aliphatic rings. The summed E-state index contributed by atoms with van der Waals surface area (Å²) >= 11 is 3.52. The topological polar surface area (TPSA) is 105 Å². The minimum absolute atomic E-state index is 0.461. The molecular formula is C18H19BrN8O2. The van der Waals surface area contributed by atoms with Gasteiger partial charge in [-0.3, -0.25) is 0 Å². The van der Waals surface area contributed by atoms with Crippen molar-refractivity contribution in [2.24, 2.45) is 0 Å². The number of anilines is 2. The molecule has 1 saturated heterocycles. The molecule has 11 heteroatoms.